The van der Waals surface area contributed by atoms with Gasteiger partial charge in [-0.3, -0.25) is 4.90 Å². The average Bonchev–Trinajstić information content (AvgIpc) is 2.04. The molecule has 0 saturated carbocycles. The van der Waals surface area contributed by atoms with Crippen LogP contribution < -0.4 is 0 Å². The maximum atomic E-state index is 10.5. The van der Waals surface area contributed by atoms with Gasteiger partial charge in [-0.1, -0.05) is 6.42 Å². The SMILES string of the molecule is O=CC1CCCCN1CS(=O)O. The van der Waals surface area contributed by atoms with Crippen molar-refractivity contribution in [3.05, 3.63) is 0 Å². The molecule has 2 unspecified atom stereocenters. The lowest BCUT2D eigenvalue weighted by Crippen LogP contribution is -2.42. The van der Waals surface area contributed by atoms with Crippen LogP contribution >= 0.6 is 0 Å². The van der Waals surface area contributed by atoms with E-state index < -0.39 is 11.1 Å². The lowest BCUT2D eigenvalue weighted by molar-refractivity contribution is -0.113. The summed E-state index contributed by atoms with van der Waals surface area (Å²) in [6.45, 7) is 0.760. The number of rotatable bonds is 3. The maximum Gasteiger partial charge on any atom is 0.167 e. The third-order valence-corrected chi connectivity index (χ3v) is 2.65. The van der Waals surface area contributed by atoms with Gasteiger partial charge in [0.15, 0.2) is 11.1 Å². The molecule has 1 saturated heterocycles. The Labute approximate surface area is 74.2 Å². The Hall–Kier alpha value is -0.260. The van der Waals surface area contributed by atoms with Crippen molar-refractivity contribution >= 4 is 17.4 Å². The van der Waals surface area contributed by atoms with Gasteiger partial charge in [0.25, 0.3) is 0 Å². The fraction of sp³-hybridized carbons (Fsp3) is 0.857. The second-order valence-corrected chi connectivity index (χ2v) is 3.86. The quantitative estimate of drug-likeness (QED) is 0.512. The molecule has 5 heteroatoms. The molecule has 0 aromatic carbocycles. The van der Waals surface area contributed by atoms with Gasteiger partial charge in [0, 0.05) is 0 Å². The zero-order chi connectivity index (χ0) is 8.97. The third kappa shape index (κ3) is 2.66. The molecular formula is C7H13NO3S. The Morgan fingerprint density at radius 1 is 1.58 bits per heavy atom. The van der Waals surface area contributed by atoms with Gasteiger partial charge in [0.1, 0.15) is 12.2 Å². The van der Waals surface area contributed by atoms with Crippen LogP contribution in [0.2, 0.25) is 0 Å². The molecule has 0 bridgehead atoms. The van der Waals surface area contributed by atoms with Crippen molar-refractivity contribution in [2.75, 3.05) is 12.4 Å². The Morgan fingerprint density at radius 2 is 2.33 bits per heavy atom. The molecule has 1 aliphatic heterocycles. The molecule has 1 heterocycles. The van der Waals surface area contributed by atoms with Crippen LogP contribution in [0.15, 0.2) is 0 Å². The molecular weight excluding hydrogens is 178 g/mol. The van der Waals surface area contributed by atoms with Gasteiger partial charge >= 0.3 is 0 Å². The number of carbonyl (C=O) groups excluding carboxylic acids is 1. The zero-order valence-corrected chi connectivity index (χ0v) is 7.63. The standard InChI is InChI=1S/C7H13NO3S/c9-5-7-3-1-2-4-8(7)6-12(10)11/h5,7H,1-4,6H2,(H,10,11). The monoisotopic (exact) mass is 191 g/mol. The molecule has 2 atom stereocenters. The van der Waals surface area contributed by atoms with Crippen molar-refractivity contribution in [1.29, 1.82) is 0 Å². The van der Waals surface area contributed by atoms with Crippen LogP contribution in [0, 0.1) is 0 Å². The number of hydrogen-bond donors (Lipinski definition) is 1. The highest BCUT2D eigenvalue weighted by Crippen LogP contribution is 2.14. The van der Waals surface area contributed by atoms with Crippen molar-refractivity contribution in [2.24, 2.45) is 0 Å². The molecule has 0 aromatic rings. The van der Waals surface area contributed by atoms with Gasteiger partial charge in [-0.2, -0.15) is 0 Å². The van der Waals surface area contributed by atoms with Gasteiger partial charge in [-0.05, 0) is 19.4 Å². The van der Waals surface area contributed by atoms with E-state index >= 15 is 0 Å². The average molecular weight is 191 g/mol. The van der Waals surface area contributed by atoms with Crippen LogP contribution in [-0.4, -0.2) is 38.4 Å². The van der Waals surface area contributed by atoms with Crippen LogP contribution in [0.4, 0.5) is 0 Å². The summed E-state index contributed by atoms with van der Waals surface area (Å²) in [6, 6.07) is -0.144. The minimum atomic E-state index is -1.82. The minimum absolute atomic E-state index is 0.101. The van der Waals surface area contributed by atoms with E-state index in [1.807, 2.05) is 0 Å². The van der Waals surface area contributed by atoms with Gasteiger partial charge < -0.3 is 9.35 Å². The van der Waals surface area contributed by atoms with Crippen LogP contribution in [0.5, 0.6) is 0 Å². The molecule has 1 rings (SSSR count). The number of hydrogen-bond acceptors (Lipinski definition) is 3. The maximum absolute atomic E-state index is 10.5. The van der Waals surface area contributed by atoms with Crippen LogP contribution in [-0.2, 0) is 15.9 Å². The van der Waals surface area contributed by atoms with E-state index in [1.54, 1.807) is 4.90 Å². The first-order chi connectivity index (χ1) is 5.74. The summed E-state index contributed by atoms with van der Waals surface area (Å²) < 4.78 is 19.1. The minimum Gasteiger partial charge on any atom is -0.305 e. The highest BCUT2D eigenvalue weighted by molar-refractivity contribution is 7.79. The molecule has 12 heavy (non-hydrogen) atoms. The van der Waals surface area contributed by atoms with Crippen molar-refractivity contribution < 1.29 is 13.6 Å². The van der Waals surface area contributed by atoms with Gasteiger partial charge in [-0.15, -0.1) is 0 Å². The Bertz CT molecular complexity index is 185. The number of piperidine rings is 1. The first-order valence-corrected chi connectivity index (χ1v) is 5.28. The molecule has 1 fully saturated rings. The molecule has 4 nitrogen and oxygen atoms in total. The summed E-state index contributed by atoms with van der Waals surface area (Å²) in [5, 5.41) is 0. The lowest BCUT2D eigenvalue weighted by atomic mass is 10.0. The van der Waals surface area contributed by atoms with Gasteiger partial charge in [-0.25, -0.2) is 4.21 Å². The molecule has 1 N–H and O–H groups in total. The summed E-state index contributed by atoms with van der Waals surface area (Å²) in [4.78, 5) is 12.3. The third-order valence-electron chi connectivity index (χ3n) is 2.10. The summed E-state index contributed by atoms with van der Waals surface area (Å²) in [5.41, 5.74) is 0. The summed E-state index contributed by atoms with van der Waals surface area (Å²) >= 11 is -1.82. The fourth-order valence-electron chi connectivity index (χ4n) is 1.47. The largest absolute Gasteiger partial charge is 0.305 e. The Morgan fingerprint density at radius 3 is 2.92 bits per heavy atom. The molecule has 0 radical (unpaired) electrons. The molecule has 0 aliphatic carbocycles. The lowest BCUT2D eigenvalue weighted by Gasteiger charge is -2.30. The van der Waals surface area contributed by atoms with E-state index in [0.29, 0.717) is 0 Å². The van der Waals surface area contributed by atoms with Crippen LogP contribution in [0.1, 0.15) is 19.3 Å². The predicted octanol–water partition coefficient (Wildman–Crippen LogP) is 0.219. The van der Waals surface area contributed by atoms with E-state index in [9.17, 15) is 9.00 Å². The first-order valence-electron chi connectivity index (χ1n) is 4.01. The van der Waals surface area contributed by atoms with Crippen molar-refractivity contribution in [3.8, 4) is 0 Å². The number of aldehydes is 1. The fourth-order valence-corrected chi connectivity index (χ4v) is 2.08. The summed E-state index contributed by atoms with van der Waals surface area (Å²) in [6.07, 6.45) is 3.74. The zero-order valence-electron chi connectivity index (χ0n) is 6.81. The highest BCUT2D eigenvalue weighted by atomic mass is 32.2. The highest BCUT2D eigenvalue weighted by Gasteiger charge is 2.22. The topological polar surface area (TPSA) is 57.6 Å². The van der Waals surface area contributed by atoms with Crippen molar-refractivity contribution in [2.45, 2.75) is 25.3 Å². The molecule has 0 amide bonds. The Kier molecular flexibility index (Phi) is 3.84. The van der Waals surface area contributed by atoms with E-state index in [0.717, 1.165) is 32.1 Å². The first kappa shape index (κ1) is 9.83. The van der Waals surface area contributed by atoms with E-state index in [-0.39, 0.29) is 11.9 Å². The number of nitrogens with zero attached hydrogens (tertiary/aromatic N) is 1. The van der Waals surface area contributed by atoms with Crippen LogP contribution in [0.25, 0.3) is 0 Å². The van der Waals surface area contributed by atoms with Crippen molar-refractivity contribution in [1.82, 2.24) is 4.90 Å². The van der Waals surface area contributed by atoms with E-state index in [2.05, 4.69) is 0 Å². The second kappa shape index (κ2) is 4.69. The van der Waals surface area contributed by atoms with Gasteiger partial charge in [0.05, 0.1) is 6.04 Å². The Balaban J connectivity index is 2.46. The van der Waals surface area contributed by atoms with Gasteiger partial charge in [0.2, 0.25) is 0 Å². The molecule has 70 valence electrons. The molecule has 0 aromatic heterocycles. The summed E-state index contributed by atoms with van der Waals surface area (Å²) in [7, 11) is 0. The van der Waals surface area contributed by atoms with Crippen LogP contribution in [0.3, 0.4) is 0 Å². The van der Waals surface area contributed by atoms with E-state index in [1.165, 1.54) is 0 Å². The number of carbonyl (C=O) groups is 1. The van der Waals surface area contributed by atoms with Crippen molar-refractivity contribution in [3.63, 3.8) is 0 Å². The molecule has 0 spiro atoms. The number of likely N-dealkylation sites (tertiary alicyclic amines) is 1. The smallest absolute Gasteiger partial charge is 0.167 e. The normalized spacial score (nSPS) is 28.2. The summed E-state index contributed by atoms with van der Waals surface area (Å²) in [5.74, 6) is 0.101. The second-order valence-electron chi connectivity index (χ2n) is 2.96. The molecule has 1 aliphatic rings. The van der Waals surface area contributed by atoms with E-state index in [4.69, 9.17) is 4.55 Å². The predicted molar refractivity (Wildman–Crippen MR) is 46.0 cm³/mol.